The number of carbonyl (C=O) groups excluding carboxylic acids is 5. The molecule has 2 N–H and O–H groups in total. The first-order valence-corrected chi connectivity index (χ1v) is 23.4. The van der Waals surface area contributed by atoms with Gasteiger partial charge in [-0.05, 0) is 81.5 Å². The molecule has 0 aromatic heterocycles. The molecule has 4 amide bonds. The number of ether oxygens (including phenoxy) is 2. The molecule has 318 valence electrons. The summed E-state index contributed by atoms with van der Waals surface area (Å²) >= 11 is 0. The van der Waals surface area contributed by atoms with Gasteiger partial charge in [0.1, 0.15) is 30.3 Å². The first kappa shape index (κ1) is 48.7. The quantitative estimate of drug-likeness (QED) is 0.115. The molecule has 56 heavy (non-hydrogen) atoms. The van der Waals surface area contributed by atoms with Crippen LogP contribution in [0.15, 0.2) is 30.3 Å². The lowest BCUT2D eigenvalue weighted by Crippen LogP contribution is -2.59. The molecule has 0 spiro atoms. The Labute approximate surface area is 338 Å². The van der Waals surface area contributed by atoms with Gasteiger partial charge in [-0.2, -0.15) is 0 Å². The van der Waals surface area contributed by atoms with Gasteiger partial charge in [0, 0.05) is 13.6 Å². The van der Waals surface area contributed by atoms with Crippen LogP contribution in [0.4, 0.5) is 4.79 Å². The summed E-state index contributed by atoms with van der Waals surface area (Å²) in [5, 5.41) is 5.85. The normalized spacial score (nSPS) is 17.8. The Kier molecular flexibility index (Phi) is 18.1. The number of amides is 4. The molecule has 0 unspecified atom stereocenters. The fraction of sp³-hybridized carbons (Fsp3) is 0.744. The third-order valence-corrected chi connectivity index (χ3v) is 15.5. The Morgan fingerprint density at radius 2 is 1.55 bits per heavy atom. The number of likely N-dealkylation sites (tertiary alicyclic amines) is 1. The van der Waals surface area contributed by atoms with Gasteiger partial charge in [0.25, 0.3) is 0 Å². The van der Waals surface area contributed by atoms with Crippen LogP contribution >= 0.6 is 0 Å². The smallest absolute Gasteiger partial charge is 0.407 e. The predicted molar refractivity (Wildman–Crippen MR) is 223 cm³/mol. The van der Waals surface area contributed by atoms with E-state index in [0.29, 0.717) is 32.2 Å². The Morgan fingerprint density at radius 3 is 2.07 bits per heavy atom. The van der Waals surface area contributed by atoms with Crippen LogP contribution in [0.25, 0.3) is 0 Å². The molecule has 1 heterocycles. The fourth-order valence-corrected chi connectivity index (χ4v) is 8.08. The number of benzene rings is 1. The summed E-state index contributed by atoms with van der Waals surface area (Å²) in [6.07, 6.45) is 0.817. The summed E-state index contributed by atoms with van der Waals surface area (Å²) in [6, 6.07) is 6.28. The zero-order valence-corrected chi connectivity index (χ0v) is 38.1. The SMILES string of the molecule is CC[C@H](C)[C@@H](NC(=O)OC(C)(C)C)[C@H](CC(=O)N(C)[C@H](C(=O)N[C@@H](CC(C)C)C(=O)N1CCC[C@H]1C(=O)OCc1ccccc1)C(C)C)O[Si](C)(C)C(C)(C)C. The lowest BCUT2D eigenvalue weighted by molar-refractivity contribution is -0.155. The van der Waals surface area contributed by atoms with E-state index >= 15 is 0 Å². The highest BCUT2D eigenvalue weighted by atomic mass is 28.4. The second-order valence-electron chi connectivity index (χ2n) is 18.8. The molecule has 1 saturated heterocycles. The van der Waals surface area contributed by atoms with Gasteiger partial charge in [0.05, 0.1) is 18.6 Å². The van der Waals surface area contributed by atoms with Crippen LogP contribution < -0.4 is 10.6 Å². The van der Waals surface area contributed by atoms with Crippen LogP contribution in [0.5, 0.6) is 0 Å². The highest BCUT2D eigenvalue weighted by Gasteiger charge is 2.44. The van der Waals surface area contributed by atoms with Crippen LogP contribution in [-0.2, 0) is 39.7 Å². The van der Waals surface area contributed by atoms with E-state index in [4.69, 9.17) is 13.9 Å². The summed E-state index contributed by atoms with van der Waals surface area (Å²) in [5.41, 5.74) is 0.136. The van der Waals surface area contributed by atoms with E-state index in [1.165, 1.54) is 9.80 Å². The zero-order chi connectivity index (χ0) is 42.8. The van der Waals surface area contributed by atoms with E-state index in [2.05, 4.69) is 44.5 Å². The maximum Gasteiger partial charge on any atom is 0.407 e. The first-order valence-electron chi connectivity index (χ1n) is 20.5. The molecule has 1 fully saturated rings. The van der Waals surface area contributed by atoms with Crippen LogP contribution in [0.2, 0.25) is 18.1 Å². The molecule has 6 atom stereocenters. The molecule has 1 aromatic rings. The number of likely N-dealkylation sites (N-methyl/N-ethyl adjacent to an activating group) is 1. The maximum atomic E-state index is 14.4. The van der Waals surface area contributed by atoms with Crippen molar-refractivity contribution in [2.75, 3.05) is 13.6 Å². The lowest BCUT2D eigenvalue weighted by Gasteiger charge is -2.43. The average molecular weight is 803 g/mol. The van der Waals surface area contributed by atoms with Gasteiger partial charge in [-0.3, -0.25) is 14.4 Å². The molecule has 1 aliphatic heterocycles. The van der Waals surface area contributed by atoms with Crippen molar-refractivity contribution in [1.29, 1.82) is 0 Å². The fourth-order valence-electron chi connectivity index (χ4n) is 6.74. The second-order valence-corrected chi connectivity index (χ2v) is 23.6. The van der Waals surface area contributed by atoms with E-state index in [-0.39, 0.29) is 47.6 Å². The molecule has 0 saturated carbocycles. The number of rotatable bonds is 18. The minimum atomic E-state index is -2.48. The number of hydrogen-bond acceptors (Lipinski definition) is 8. The number of nitrogens with one attached hydrogen (secondary N) is 2. The zero-order valence-electron chi connectivity index (χ0n) is 37.1. The van der Waals surface area contributed by atoms with Gasteiger partial charge in [0.2, 0.25) is 17.7 Å². The Bertz CT molecular complexity index is 1460. The van der Waals surface area contributed by atoms with Crippen molar-refractivity contribution >= 4 is 38.1 Å². The van der Waals surface area contributed by atoms with Crippen LogP contribution in [0, 0.1) is 17.8 Å². The van der Waals surface area contributed by atoms with Crippen molar-refractivity contribution in [3.8, 4) is 0 Å². The molecule has 0 radical (unpaired) electrons. The van der Waals surface area contributed by atoms with Gasteiger partial charge in [-0.25, -0.2) is 9.59 Å². The third kappa shape index (κ3) is 14.5. The van der Waals surface area contributed by atoms with E-state index in [1.54, 1.807) is 27.8 Å². The van der Waals surface area contributed by atoms with E-state index in [0.717, 1.165) is 5.56 Å². The number of alkyl carbamates (subject to hydrolysis) is 1. The Hall–Kier alpha value is -3.45. The van der Waals surface area contributed by atoms with Crippen molar-refractivity contribution in [2.45, 2.75) is 176 Å². The standard InChI is InChI=1S/C43H74N4O8Si/c1-16-30(6)36(45-41(52)54-42(7,8)9)34(55-56(14,15)43(10,11)12)26-35(48)46(13)37(29(4)5)38(49)44-32(25-28(2)3)39(50)47-24-20-23-33(47)40(51)53-27-31-21-18-17-19-22-31/h17-19,21-22,28-30,32-34,36-37H,16,20,23-27H2,1-15H3,(H,44,49)(H,45,52)/t30-,32-,33-,34-,36+,37-/m0/s1. The van der Waals surface area contributed by atoms with Crippen LogP contribution in [-0.4, -0.2) is 97.4 Å². The number of carbonyl (C=O) groups is 5. The molecular formula is C43H74N4O8Si. The molecule has 2 rings (SSSR count). The number of hydrogen-bond donors (Lipinski definition) is 2. The second kappa shape index (κ2) is 20.8. The Morgan fingerprint density at radius 1 is 0.946 bits per heavy atom. The predicted octanol–water partition coefficient (Wildman–Crippen LogP) is 7.45. The van der Waals surface area contributed by atoms with Gasteiger partial charge in [-0.15, -0.1) is 0 Å². The first-order chi connectivity index (χ1) is 25.8. The van der Waals surface area contributed by atoms with Crippen molar-refractivity contribution in [2.24, 2.45) is 17.8 Å². The van der Waals surface area contributed by atoms with Crippen molar-refractivity contribution in [3.63, 3.8) is 0 Å². The number of esters is 1. The van der Waals surface area contributed by atoms with Gasteiger partial charge < -0.3 is 34.3 Å². The third-order valence-electron chi connectivity index (χ3n) is 11.0. The molecule has 0 aliphatic carbocycles. The van der Waals surface area contributed by atoms with Crippen LogP contribution in [0.3, 0.4) is 0 Å². The molecule has 13 heteroatoms. The largest absolute Gasteiger partial charge is 0.459 e. The average Bonchev–Trinajstić information content (AvgIpc) is 3.57. The van der Waals surface area contributed by atoms with Gasteiger partial charge in [0.15, 0.2) is 8.32 Å². The molecule has 1 aromatic carbocycles. The van der Waals surface area contributed by atoms with Gasteiger partial charge in [-0.1, -0.05) is 99.1 Å². The molecule has 1 aliphatic rings. The lowest BCUT2D eigenvalue weighted by atomic mass is 9.92. The monoisotopic (exact) mass is 803 g/mol. The summed E-state index contributed by atoms with van der Waals surface area (Å²) < 4.78 is 18.2. The van der Waals surface area contributed by atoms with Crippen molar-refractivity contribution in [1.82, 2.24) is 20.4 Å². The molecular weight excluding hydrogens is 729 g/mol. The highest BCUT2D eigenvalue weighted by Crippen LogP contribution is 2.39. The minimum Gasteiger partial charge on any atom is -0.459 e. The summed E-state index contributed by atoms with van der Waals surface area (Å²) in [6.45, 7) is 28.2. The van der Waals surface area contributed by atoms with E-state index < -0.39 is 62.2 Å². The van der Waals surface area contributed by atoms with Crippen LogP contribution in [0.1, 0.15) is 121 Å². The van der Waals surface area contributed by atoms with Gasteiger partial charge >= 0.3 is 12.1 Å². The minimum absolute atomic E-state index is 0.0513. The summed E-state index contributed by atoms with van der Waals surface area (Å²) in [7, 11) is -0.872. The summed E-state index contributed by atoms with van der Waals surface area (Å²) in [4.78, 5) is 72.2. The number of nitrogens with zero attached hydrogens (tertiary/aromatic N) is 2. The summed E-state index contributed by atoms with van der Waals surface area (Å²) in [5.74, 6) is -1.90. The van der Waals surface area contributed by atoms with E-state index in [9.17, 15) is 24.0 Å². The Balaban J connectivity index is 2.37. The highest BCUT2D eigenvalue weighted by molar-refractivity contribution is 6.74. The maximum absolute atomic E-state index is 14.4. The molecule has 12 nitrogen and oxygen atoms in total. The topological polar surface area (TPSA) is 144 Å². The van der Waals surface area contributed by atoms with Crippen molar-refractivity contribution in [3.05, 3.63) is 35.9 Å². The molecule has 0 bridgehead atoms. The van der Waals surface area contributed by atoms with Crippen molar-refractivity contribution < 1.29 is 37.9 Å². The van der Waals surface area contributed by atoms with E-state index in [1.807, 2.05) is 71.9 Å².